The zero-order valence-corrected chi connectivity index (χ0v) is 25.4. The van der Waals surface area contributed by atoms with Crippen LogP contribution in [-0.4, -0.2) is 88.9 Å². The Balaban J connectivity index is 1.24. The number of benzene rings is 2. The molecule has 3 atom stereocenters. The Morgan fingerprint density at radius 2 is 1.90 bits per heavy atom. The van der Waals surface area contributed by atoms with E-state index >= 15 is 0 Å². The molecular formula is C30H34BrClN6O3. The van der Waals surface area contributed by atoms with Crippen molar-refractivity contribution in [3.63, 3.8) is 0 Å². The molecule has 9 nitrogen and oxygen atoms in total. The molecule has 216 valence electrons. The van der Waals surface area contributed by atoms with Crippen LogP contribution in [0.4, 0.5) is 16.3 Å². The lowest BCUT2D eigenvalue weighted by atomic mass is 10.0. The number of aromatic nitrogens is 2. The molecule has 4 aliphatic heterocycles. The summed E-state index contributed by atoms with van der Waals surface area (Å²) in [7, 11) is 2.14. The minimum absolute atomic E-state index is 0.00951. The van der Waals surface area contributed by atoms with Crippen molar-refractivity contribution < 1.29 is 14.6 Å². The number of likely N-dealkylation sites (tertiary alicyclic amines) is 1. The zero-order valence-electron chi connectivity index (χ0n) is 23.1. The molecule has 11 heteroatoms. The number of carbonyl (C=O) groups is 1. The summed E-state index contributed by atoms with van der Waals surface area (Å²) in [5, 5.41) is 12.6. The maximum absolute atomic E-state index is 11.9. The van der Waals surface area contributed by atoms with Gasteiger partial charge in [0.1, 0.15) is 12.4 Å². The van der Waals surface area contributed by atoms with Gasteiger partial charge in [0, 0.05) is 46.8 Å². The second-order valence-electron chi connectivity index (χ2n) is 11.7. The van der Waals surface area contributed by atoms with Crippen LogP contribution in [0, 0.1) is 0 Å². The molecule has 1 amide bonds. The SMILES string of the molecule is CN1CCCC1COc1nc2c(c(N3C[C@H]4CC[C@@H](C3)N4C(=O)O)n1)CCN(c1ccc(Br)c3cccc(Cl)c13)C2. The van der Waals surface area contributed by atoms with Crippen LogP contribution in [0.15, 0.2) is 34.8 Å². The van der Waals surface area contributed by atoms with E-state index in [9.17, 15) is 9.90 Å². The van der Waals surface area contributed by atoms with Crippen LogP contribution < -0.4 is 14.5 Å². The number of hydrogen-bond donors (Lipinski definition) is 1. The van der Waals surface area contributed by atoms with E-state index in [-0.39, 0.29) is 12.1 Å². The monoisotopic (exact) mass is 640 g/mol. The van der Waals surface area contributed by atoms with Gasteiger partial charge in [-0.15, -0.1) is 0 Å². The summed E-state index contributed by atoms with van der Waals surface area (Å²) in [5.74, 6) is 0.907. The molecule has 0 saturated carbocycles. The van der Waals surface area contributed by atoms with E-state index in [1.165, 1.54) is 6.42 Å². The summed E-state index contributed by atoms with van der Waals surface area (Å²) >= 11 is 10.4. The third-order valence-corrected chi connectivity index (χ3v) is 10.4. The quantitative estimate of drug-likeness (QED) is 0.396. The van der Waals surface area contributed by atoms with Gasteiger partial charge in [-0.2, -0.15) is 9.97 Å². The van der Waals surface area contributed by atoms with E-state index < -0.39 is 6.09 Å². The topological polar surface area (TPSA) is 85.3 Å². The Morgan fingerprint density at radius 3 is 2.63 bits per heavy atom. The highest BCUT2D eigenvalue weighted by atomic mass is 79.9. The molecule has 1 aromatic heterocycles. The fourth-order valence-corrected chi connectivity index (χ4v) is 7.98. The van der Waals surface area contributed by atoms with Gasteiger partial charge in [0.05, 0.1) is 29.3 Å². The Bertz CT molecular complexity index is 1490. The molecule has 0 radical (unpaired) electrons. The smallest absolute Gasteiger partial charge is 0.407 e. The fourth-order valence-electron chi connectivity index (χ4n) is 7.24. The second-order valence-corrected chi connectivity index (χ2v) is 13.0. The predicted molar refractivity (Wildman–Crippen MR) is 163 cm³/mol. The van der Waals surface area contributed by atoms with E-state index in [0.717, 1.165) is 81.8 Å². The molecule has 1 unspecified atom stereocenters. The molecule has 3 saturated heterocycles. The number of likely N-dealkylation sites (N-methyl/N-ethyl adjacent to an activating group) is 1. The number of amides is 1. The van der Waals surface area contributed by atoms with Gasteiger partial charge in [-0.3, -0.25) is 4.90 Å². The third-order valence-electron chi connectivity index (χ3n) is 9.36. The van der Waals surface area contributed by atoms with Crippen LogP contribution in [0.5, 0.6) is 6.01 Å². The number of nitrogens with zero attached hydrogens (tertiary/aromatic N) is 6. The molecule has 3 aromatic rings. The molecule has 2 bridgehead atoms. The van der Waals surface area contributed by atoms with E-state index in [1.54, 1.807) is 4.90 Å². The van der Waals surface area contributed by atoms with Gasteiger partial charge < -0.3 is 24.5 Å². The largest absolute Gasteiger partial charge is 0.465 e. The normalized spacial score (nSPS) is 24.3. The first-order valence-electron chi connectivity index (χ1n) is 14.5. The highest BCUT2D eigenvalue weighted by molar-refractivity contribution is 9.10. The molecule has 2 aromatic carbocycles. The molecule has 41 heavy (non-hydrogen) atoms. The van der Waals surface area contributed by atoms with Gasteiger partial charge in [-0.05, 0) is 69.3 Å². The lowest BCUT2D eigenvalue weighted by Gasteiger charge is -2.41. The summed E-state index contributed by atoms with van der Waals surface area (Å²) in [5.41, 5.74) is 3.19. The maximum Gasteiger partial charge on any atom is 0.407 e. The summed E-state index contributed by atoms with van der Waals surface area (Å²) in [6.07, 6.45) is 4.04. The molecule has 0 aliphatic carbocycles. The molecule has 0 spiro atoms. The van der Waals surface area contributed by atoms with Gasteiger partial charge in [0.15, 0.2) is 0 Å². The number of piperazine rings is 1. The van der Waals surface area contributed by atoms with Crippen LogP contribution in [0.25, 0.3) is 10.8 Å². The minimum Gasteiger partial charge on any atom is -0.465 e. The van der Waals surface area contributed by atoms with Crippen molar-refractivity contribution in [3.05, 3.63) is 51.1 Å². The van der Waals surface area contributed by atoms with Gasteiger partial charge in [0.25, 0.3) is 0 Å². The lowest BCUT2D eigenvalue weighted by Crippen LogP contribution is -2.56. The van der Waals surface area contributed by atoms with Crippen LogP contribution in [0.2, 0.25) is 5.02 Å². The van der Waals surface area contributed by atoms with Crippen molar-refractivity contribution in [2.75, 3.05) is 49.6 Å². The number of ether oxygens (including phenoxy) is 1. The maximum atomic E-state index is 11.9. The van der Waals surface area contributed by atoms with Gasteiger partial charge in [0.2, 0.25) is 0 Å². The first kappa shape index (κ1) is 27.0. The Morgan fingerprint density at radius 1 is 1.10 bits per heavy atom. The summed E-state index contributed by atoms with van der Waals surface area (Å²) in [6.45, 7) is 4.36. The zero-order chi connectivity index (χ0) is 28.2. The van der Waals surface area contributed by atoms with Gasteiger partial charge >= 0.3 is 12.1 Å². The van der Waals surface area contributed by atoms with Crippen LogP contribution in [0.3, 0.4) is 0 Å². The number of rotatable bonds is 5. The van der Waals surface area contributed by atoms with Crippen LogP contribution >= 0.6 is 27.5 Å². The molecule has 3 fully saturated rings. The number of hydrogen-bond acceptors (Lipinski definition) is 7. The highest BCUT2D eigenvalue weighted by Crippen LogP contribution is 2.40. The van der Waals surface area contributed by atoms with Crippen LogP contribution in [0.1, 0.15) is 36.9 Å². The van der Waals surface area contributed by atoms with E-state index in [0.29, 0.717) is 38.3 Å². The first-order chi connectivity index (χ1) is 19.9. The third kappa shape index (κ3) is 4.87. The van der Waals surface area contributed by atoms with Gasteiger partial charge in [-0.25, -0.2) is 4.79 Å². The van der Waals surface area contributed by atoms with Crippen molar-refractivity contribution in [1.82, 2.24) is 19.8 Å². The van der Waals surface area contributed by atoms with Gasteiger partial charge in [-0.1, -0.05) is 39.7 Å². The predicted octanol–water partition coefficient (Wildman–Crippen LogP) is 5.41. The molecule has 7 rings (SSSR count). The number of fused-ring (bicyclic) bond motifs is 4. The van der Waals surface area contributed by atoms with E-state index in [4.69, 9.17) is 26.3 Å². The minimum atomic E-state index is -0.817. The molecular weight excluding hydrogens is 608 g/mol. The van der Waals surface area contributed by atoms with E-state index in [2.05, 4.69) is 55.9 Å². The summed E-state index contributed by atoms with van der Waals surface area (Å²) in [6, 6.07) is 11.0. The van der Waals surface area contributed by atoms with Crippen molar-refractivity contribution >= 4 is 55.9 Å². The summed E-state index contributed by atoms with van der Waals surface area (Å²) in [4.78, 5) is 30.5. The van der Waals surface area contributed by atoms with Crippen molar-refractivity contribution in [2.24, 2.45) is 0 Å². The standard InChI is InChI=1S/C30H34BrClN6O3/c1-35-12-3-4-20(35)17-41-29-33-25-16-36(26-10-9-23(31)21-5-2-6-24(32)27(21)26)13-11-22(25)28(34-29)37-14-18-7-8-19(15-37)38(18)30(39)40/h2,5-6,9-10,18-20H,3-4,7-8,11-17H2,1H3,(H,39,40)/t18-,19+,20?. The average Bonchev–Trinajstić information content (AvgIpc) is 3.50. The Hall–Kier alpha value is -2.82. The number of carboxylic acid groups (broad SMARTS) is 1. The average molecular weight is 642 g/mol. The summed E-state index contributed by atoms with van der Waals surface area (Å²) < 4.78 is 7.31. The second kappa shape index (κ2) is 10.8. The van der Waals surface area contributed by atoms with Crippen molar-refractivity contribution in [3.8, 4) is 6.01 Å². The van der Waals surface area contributed by atoms with Crippen LogP contribution in [-0.2, 0) is 13.0 Å². The molecule has 1 N–H and O–H groups in total. The van der Waals surface area contributed by atoms with E-state index in [1.807, 2.05) is 12.1 Å². The van der Waals surface area contributed by atoms with Crippen molar-refractivity contribution in [2.45, 2.75) is 56.8 Å². The number of anilines is 2. The lowest BCUT2D eigenvalue weighted by molar-refractivity contribution is 0.114. The Kier molecular flexibility index (Phi) is 7.11. The first-order valence-corrected chi connectivity index (χ1v) is 15.6. The highest BCUT2D eigenvalue weighted by Gasteiger charge is 2.44. The Labute approximate surface area is 253 Å². The molecule has 4 aliphatic rings. The van der Waals surface area contributed by atoms with Crippen molar-refractivity contribution in [1.29, 1.82) is 0 Å². The number of halogens is 2. The fraction of sp³-hybridized carbons (Fsp3) is 0.500. The molecule has 5 heterocycles.